The molecule has 0 aliphatic carbocycles. The van der Waals surface area contributed by atoms with Crippen molar-refractivity contribution >= 4 is 17.3 Å². The van der Waals surface area contributed by atoms with Gasteiger partial charge >= 0.3 is 0 Å². The summed E-state index contributed by atoms with van der Waals surface area (Å²) in [6.07, 6.45) is 0.895. The van der Waals surface area contributed by atoms with Crippen molar-refractivity contribution < 1.29 is 4.92 Å². The van der Waals surface area contributed by atoms with Gasteiger partial charge in [0.15, 0.2) is 0 Å². The third kappa shape index (κ3) is 2.63. The third-order valence-electron chi connectivity index (χ3n) is 3.61. The van der Waals surface area contributed by atoms with Crippen LogP contribution in [0.3, 0.4) is 0 Å². The van der Waals surface area contributed by atoms with Gasteiger partial charge in [-0.05, 0) is 17.5 Å². The van der Waals surface area contributed by atoms with Crippen molar-refractivity contribution in [2.24, 2.45) is 5.84 Å². The molecule has 0 saturated heterocycles. The Kier molecular flexibility index (Phi) is 3.41. The molecule has 7 heteroatoms. The second-order valence-corrected chi connectivity index (χ2v) is 4.91. The maximum absolute atomic E-state index is 11.0. The molecule has 1 aliphatic heterocycles. The Morgan fingerprint density at radius 2 is 2.05 bits per heavy atom. The van der Waals surface area contributed by atoms with Gasteiger partial charge in [-0.3, -0.25) is 10.1 Å². The molecule has 3 rings (SSSR count). The summed E-state index contributed by atoms with van der Waals surface area (Å²) in [4.78, 5) is 16.9. The van der Waals surface area contributed by atoms with E-state index < -0.39 is 4.92 Å². The first-order valence-electron chi connectivity index (χ1n) is 6.62. The van der Waals surface area contributed by atoms with Crippen LogP contribution in [0.2, 0.25) is 0 Å². The summed E-state index contributed by atoms with van der Waals surface area (Å²) in [7, 11) is 0. The average Bonchev–Trinajstić information content (AvgIpc) is 2.53. The van der Waals surface area contributed by atoms with Gasteiger partial charge in [-0.15, -0.1) is 0 Å². The van der Waals surface area contributed by atoms with Crippen molar-refractivity contribution in [1.82, 2.24) is 4.98 Å². The van der Waals surface area contributed by atoms with E-state index >= 15 is 0 Å². The maximum atomic E-state index is 11.0. The van der Waals surface area contributed by atoms with E-state index in [1.807, 2.05) is 17.0 Å². The molecule has 108 valence electrons. The van der Waals surface area contributed by atoms with Crippen molar-refractivity contribution in [3.63, 3.8) is 0 Å². The van der Waals surface area contributed by atoms with E-state index in [4.69, 9.17) is 5.84 Å². The fourth-order valence-electron chi connectivity index (χ4n) is 2.53. The number of pyridine rings is 1. The molecule has 1 aromatic heterocycles. The number of hydrogen-bond donors (Lipinski definition) is 2. The summed E-state index contributed by atoms with van der Waals surface area (Å²) in [5.41, 5.74) is 4.89. The highest BCUT2D eigenvalue weighted by Gasteiger charge is 2.20. The number of hydrazine groups is 1. The highest BCUT2D eigenvalue weighted by atomic mass is 16.6. The number of aromatic nitrogens is 1. The highest BCUT2D eigenvalue weighted by molar-refractivity contribution is 5.56. The minimum atomic E-state index is -0.441. The molecule has 1 aromatic carbocycles. The molecule has 0 atom stereocenters. The van der Waals surface area contributed by atoms with E-state index in [2.05, 4.69) is 22.5 Å². The van der Waals surface area contributed by atoms with Crippen LogP contribution >= 0.6 is 0 Å². The Labute approximate surface area is 121 Å². The van der Waals surface area contributed by atoms with Crippen LogP contribution in [0.4, 0.5) is 17.3 Å². The number of fused-ring (bicyclic) bond motifs is 1. The fourth-order valence-corrected chi connectivity index (χ4v) is 2.53. The maximum Gasteiger partial charge on any atom is 0.276 e. The monoisotopic (exact) mass is 285 g/mol. The zero-order valence-corrected chi connectivity index (χ0v) is 11.3. The van der Waals surface area contributed by atoms with E-state index in [0.717, 1.165) is 13.0 Å². The lowest BCUT2D eigenvalue weighted by molar-refractivity contribution is -0.384. The van der Waals surface area contributed by atoms with Gasteiger partial charge in [0, 0.05) is 13.1 Å². The quantitative estimate of drug-likeness (QED) is 0.507. The molecule has 3 N–H and O–H groups in total. The summed E-state index contributed by atoms with van der Waals surface area (Å²) in [6, 6.07) is 11.0. The van der Waals surface area contributed by atoms with Crippen LogP contribution in [0.1, 0.15) is 11.1 Å². The van der Waals surface area contributed by atoms with E-state index in [0.29, 0.717) is 12.4 Å². The zero-order valence-electron chi connectivity index (χ0n) is 11.3. The lowest BCUT2D eigenvalue weighted by atomic mass is 10.00. The Morgan fingerprint density at radius 3 is 2.76 bits per heavy atom. The largest absolute Gasteiger partial charge is 0.352 e. The van der Waals surface area contributed by atoms with E-state index in [9.17, 15) is 10.1 Å². The summed E-state index contributed by atoms with van der Waals surface area (Å²) in [6.45, 7) is 1.46. The molecule has 0 unspecified atom stereocenters. The van der Waals surface area contributed by atoms with E-state index in [1.54, 1.807) is 0 Å². The Bertz CT molecular complexity index is 689. The number of anilines is 2. The second kappa shape index (κ2) is 5.37. The summed E-state index contributed by atoms with van der Waals surface area (Å²) in [5, 5.41) is 11.0. The molecule has 0 fully saturated rings. The topological polar surface area (TPSA) is 97.3 Å². The molecule has 0 bridgehead atoms. The van der Waals surface area contributed by atoms with Crippen LogP contribution in [0.25, 0.3) is 0 Å². The molecule has 7 nitrogen and oxygen atoms in total. The van der Waals surface area contributed by atoms with Crippen molar-refractivity contribution in [3.05, 3.63) is 57.6 Å². The lowest BCUT2D eigenvalue weighted by Crippen LogP contribution is -2.31. The number of nitrogens with two attached hydrogens (primary N) is 1. The summed E-state index contributed by atoms with van der Waals surface area (Å²) >= 11 is 0. The minimum Gasteiger partial charge on any atom is -0.352 e. The smallest absolute Gasteiger partial charge is 0.276 e. The van der Waals surface area contributed by atoms with Gasteiger partial charge in [0.25, 0.3) is 5.69 Å². The second-order valence-electron chi connectivity index (χ2n) is 4.91. The molecule has 0 saturated carbocycles. The standard InChI is InChI=1S/C14H15N5O2/c15-17-13-7-12(19(20)21)8-14(16-13)18-6-5-10-3-1-2-4-11(10)9-18/h1-4,7-8H,5-6,9,15H2,(H,16,17). The molecule has 0 amide bonds. The van der Waals surface area contributed by atoms with Crippen LogP contribution < -0.4 is 16.2 Å². The van der Waals surface area contributed by atoms with Crippen LogP contribution in [0.5, 0.6) is 0 Å². The van der Waals surface area contributed by atoms with Gasteiger partial charge in [-0.2, -0.15) is 0 Å². The molecular formula is C14H15N5O2. The van der Waals surface area contributed by atoms with Crippen molar-refractivity contribution in [2.45, 2.75) is 13.0 Å². The molecule has 1 aliphatic rings. The first kappa shape index (κ1) is 13.3. The van der Waals surface area contributed by atoms with Gasteiger partial charge < -0.3 is 10.3 Å². The Balaban J connectivity index is 1.94. The number of nitro groups is 1. The Morgan fingerprint density at radius 1 is 1.29 bits per heavy atom. The summed E-state index contributed by atoms with van der Waals surface area (Å²) < 4.78 is 0. The minimum absolute atomic E-state index is 0.0215. The van der Waals surface area contributed by atoms with Crippen molar-refractivity contribution in [3.8, 4) is 0 Å². The summed E-state index contributed by atoms with van der Waals surface area (Å²) in [5.74, 6) is 6.19. The van der Waals surface area contributed by atoms with Crippen molar-refractivity contribution in [2.75, 3.05) is 16.9 Å². The van der Waals surface area contributed by atoms with E-state index in [1.165, 1.54) is 23.3 Å². The predicted molar refractivity (Wildman–Crippen MR) is 79.9 cm³/mol. The molecule has 2 aromatic rings. The van der Waals surface area contributed by atoms with Gasteiger partial charge in [0.2, 0.25) is 0 Å². The third-order valence-corrected chi connectivity index (χ3v) is 3.61. The van der Waals surface area contributed by atoms with Crippen LogP contribution in [-0.2, 0) is 13.0 Å². The van der Waals surface area contributed by atoms with Crippen LogP contribution in [0.15, 0.2) is 36.4 Å². The van der Waals surface area contributed by atoms with Crippen LogP contribution in [0, 0.1) is 10.1 Å². The molecule has 0 radical (unpaired) electrons. The van der Waals surface area contributed by atoms with Gasteiger partial charge in [0.1, 0.15) is 11.6 Å². The number of rotatable bonds is 3. The fraction of sp³-hybridized carbons (Fsp3) is 0.214. The van der Waals surface area contributed by atoms with Crippen LogP contribution in [-0.4, -0.2) is 16.5 Å². The molecule has 2 heterocycles. The molecule has 0 spiro atoms. The Hall–Kier alpha value is -2.67. The normalized spacial score (nSPS) is 13.7. The number of nitrogen functional groups attached to an aromatic ring is 1. The SMILES string of the molecule is NNc1cc([N+](=O)[O-])cc(N2CCc3ccccc3C2)n1. The van der Waals surface area contributed by atoms with E-state index in [-0.39, 0.29) is 11.5 Å². The zero-order chi connectivity index (χ0) is 14.8. The number of nitrogens with zero attached hydrogens (tertiary/aromatic N) is 3. The molecular weight excluding hydrogens is 270 g/mol. The van der Waals surface area contributed by atoms with Crippen molar-refractivity contribution in [1.29, 1.82) is 0 Å². The first-order valence-corrected chi connectivity index (χ1v) is 6.62. The number of hydrogen-bond acceptors (Lipinski definition) is 6. The highest BCUT2D eigenvalue weighted by Crippen LogP contribution is 2.27. The number of benzene rings is 1. The van der Waals surface area contributed by atoms with Gasteiger partial charge in [0.05, 0.1) is 17.1 Å². The van der Waals surface area contributed by atoms with Gasteiger partial charge in [-0.25, -0.2) is 10.8 Å². The average molecular weight is 285 g/mol. The lowest BCUT2D eigenvalue weighted by Gasteiger charge is -2.29. The van der Waals surface area contributed by atoms with Gasteiger partial charge in [-0.1, -0.05) is 24.3 Å². The molecule has 21 heavy (non-hydrogen) atoms. The number of nitrogens with one attached hydrogen (secondary N) is 1. The predicted octanol–water partition coefficient (Wildman–Crippen LogP) is 1.84. The first-order chi connectivity index (χ1) is 10.2.